The maximum Gasteiger partial charge on any atom is 0.269 e. The van der Waals surface area contributed by atoms with Gasteiger partial charge in [0.15, 0.2) is 5.11 Å². The summed E-state index contributed by atoms with van der Waals surface area (Å²) in [5.41, 5.74) is 0.381. The minimum absolute atomic E-state index is 0.0777. The van der Waals surface area contributed by atoms with Gasteiger partial charge in [0.05, 0.1) is 19.7 Å². The molecule has 1 aromatic heterocycles. The van der Waals surface area contributed by atoms with Crippen molar-refractivity contribution in [2.24, 2.45) is 7.05 Å². The summed E-state index contributed by atoms with van der Waals surface area (Å²) in [6.07, 6.45) is 0. The first-order chi connectivity index (χ1) is 9.60. The lowest BCUT2D eigenvalue weighted by Gasteiger charge is -2.09. The summed E-state index contributed by atoms with van der Waals surface area (Å²) in [7, 11) is 3.11. The van der Waals surface area contributed by atoms with Crippen molar-refractivity contribution in [1.29, 1.82) is 0 Å². The molecule has 0 saturated heterocycles. The topological polar surface area (TPSA) is 94.0 Å². The van der Waals surface area contributed by atoms with E-state index >= 15 is 0 Å². The second-order valence-corrected chi connectivity index (χ2v) is 4.12. The number of hydrogen-bond donors (Lipinski definition) is 2. The van der Waals surface area contributed by atoms with Crippen LogP contribution in [-0.4, -0.2) is 38.3 Å². The zero-order valence-electron chi connectivity index (χ0n) is 10.8. The zero-order valence-corrected chi connectivity index (χ0v) is 11.6. The number of anilines is 1. The maximum absolute atomic E-state index is 12.0. The van der Waals surface area contributed by atoms with Gasteiger partial charge in [-0.25, -0.2) is 0 Å². The van der Waals surface area contributed by atoms with E-state index < -0.39 is 0 Å². The van der Waals surface area contributed by atoms with E-state index in [2.05, 4.69) is 26.0 Å². The van der Waals surface area contributed by atoms with E-state index in [0.717, 1.165) is 0 Å². The Morgan fingerprint density at radius 2 is 2.15 bits per heavy atom. The Hall–Kier alpha value is -2.55. The maximum atomic E-state index is 12.0. The number of aromatic nitrogens is 4. The smallest absolute Gasteiger partial charge is 0.269 e. The molecule has 0 unspecified atom stereocenters. The van der Waals surface area contributed by atoms with Gasteiger partial charge in [-0.1, -0.05) is 17.2 Å². The number of amides is 1. The van der Waals surface area contributed by atoms with Crippen LogP contribution in [0.25, 0.3) is 0 Å². The van der Waals surface area contributed by atoms with E-state index in [1.165, 1.54) is 11.9 Å². The van der Waals surface area contributed by atoms with Gasteiger partial charge in [0.25, 0.3) is 11.9 Å². The zero-order chi connectivity index (χ0) is 14.5. The molecule has 104 valence electrons. The predicted molar refractivity (Wildman–Crippen MR) is 75.5 cm³/mol. The summed E-state index contributed by atoms with van der Waals surface area (Å²) < 4.78 is 5.11. The van der Waals surface area contributed by atoms with Crippen LogP contribution in [0, 0.1) is 0 Å². The number of nitrogens with zero attached hydrogens (tertiary/aromatic N) is 4. The van der Waals surface area contributed by atoms with E-state index in [0.29, 0.717) is 11.3 Å². The molecule has 0 bridgehead atoms. The predicted octanol–water partition coefficient (Wildman–Crippen LogP) is 0.345. The van der Waals surface area contributed by atoms with Crippen LogP contribution in [0.4, 0.5) is 5.95 Å². The van der Waals surface area contributed by atoms with Crippen molar-refractivity contribution in [2.45, 2.75) is 0 Å². The van der Waals surface area contributed by atoms with Crippen LogP contribution >= 0.6 is 12.2 Å². The summed E-state index contributed by atoms with van der Waals surface area (Å²) in [6.45, 7) is 0. The monoisotopic (exact) mass is 292 g/mol. The Kier molecular flexibility index (Phi) is 4.20. The van der Waals surface area contributed by atoms with Crippen molar-refractivity contribution < 1.29 is 9.53 Å². The van der Waals surface area contributed by atoms with Gasteiger partial charge in [0.2, 0.25) is 0 Å². The van der Waals surface area contributed by atoms with Crippen molar-refractivity contribution in [3.05, 3.63) is 29.8 Å². The summed E-state index contributed by atoms with van der Waals surface area (Å²) in [6, 6.07) is 6.83. The van der Waals surface area contributed by atoms with Gasteiger partial charge in [-0.05, 0) is 29.6 Å². The number of nitrogens with one attached hydrogen (secondary N) is 2. The summed E-state index contributed by atoms with van der Waals surface area (Å²) in [5, 5.41) is 16.5. The molecule has 1 aromatic carbocycles. The summed E-state index contributed by atoms with van der Waals surface area (Å²) in [4.78, 5) is 13.3. The van der Waals surface area contributed by atoms with E-state index in [1.54, 1.807) is 31.3 Å². The Morgan fingerprint density at radius 3 is 2.80 bits per heavy atom. The lowest BCUT2D eigenvalue weighted by Crippen LogP contribution is -2.34. The minimum Gasteiger partial charge on any atom is -0.496 e. The first-order valence-electron chi connectivity index (χ1n) is 5.59. The Bertz CT molecular complexity index is 641. The highest BCUT2D eigenvalue weighted by Gasteiger charge is 2.13. The average molecular weight is 292 g/mol. The van der Waals surface area contributed by atoms with Crippen molar-refractivity contribution >= 4 is 29.2 Å². The number of ether oxygens (including phenoxy) is 1. The third-order valence-corrected chi connectivity index (χ3v) is 2.52. The number of para-hydroxylation sites is 1. The van der Waals surface area contributed by atoms with Crippen LogP contribution < -0.4 is 15.4 Å². The lowest BCUT2D eigenvalue weighted by atomic mass is 10.2. The lowest BCUT2D eigenvalue weighted by molar-refractivity contribution is 0.0975. The highest BCUT2D eigenvalue weighted by molar-refractivity contribution is 7.80. The number of benzene rings is 1. The van der Waals surface area contributed by atoms with E-state index in [1.807, 2.05) is 0 Å². The Balaban J connectivity index is 2.02. The summed E-state index contributed by atoms with van der Waals surface area (Å²) in [5.74, 6) is 0.284. The molecule has 0 spiro atoms. The molecule has 0 aliphatic rings. The number of tetrazole rings is 1. The van der Waals surface area contributed by atoms with Crippen molar-refractivity contribution in [1.82, 2.24) is 25.5 Å². The first-order valence-corrected chi connectivity index (χ1v) is 6.00. The second kappa shape index (κ2) is 6.06. The molecule has 0 atom stereocenters. The minimum atomic E-state index is -0.385. The molecule has 0 radical (unpaired) electrons. The molecular formula is C11H12N6O2S. The number of rotatable bonds is 3. The quantitative estimate of drug-likeness (QED) is 0.788. The van der Waals surface area contributed by atoms with Crippen LogP contribution in [0.3, 0.4) is 0 Å². The number of aryl methyl sites for hydroxylation is 1. The highest BCUT2D eigenvalue weighted by Crippen LogP contribution is 2.16. The normalized spacial score (nSPS) is 9.90. The Labute approximate surface area is 120 Å². The van der Waals surface area contributed by atoms with Crippen LogP contribution in [0.15, 0.2) is 24.3 Å². The largest absolute Gasteiger partial charge is 0.496 e. The average Bonchev–Trinajstić information content (AvgIpc) is 2.83. The van der Waals surface area contributed by atoms with Crippen LogP contribution in [0.2, 0.25) is 0 Å². The highest BCUT2D eigenvalue weighted by atomic mass is 32.1. The fourth-order valence-corrected chi connectivity index (χ4v) is 1.65. The van der Waals surface area contributed by atoms with Gasteiger partial charge in [-0.3, -0.25) is 15.4 Å². The van der Waals surface area contributed by atoms with Crippen molar-refractivity contribution in [2.75, 3.05) is 12.4 Å². The molecule has 2 N–H and O–H groups in total. The number of carbonyl (C=O) groups is 1. The number of hydrogen-bond acceptors (Lipinski definition) is 6. The SMILES string of the molecule is COc1ccccc1C(=O)NC(=S)Nc1nnn(C)n1. The second-order valence-electron chi connectivity index (χ2n) is 3.71. The molecule has 0 aliphatic carbocycles. The summed E-state index contributed by atoms with van der Waals surface area (Å²) >= 11 is 5.00. The third-order valence-electron chi connectivity index (χ3n) is 2.31. The van der Waals surface area contributed by atoms with E-state index in [9.17, 15) is 4.79 Å². The molecule has 0 aliphatic heterocycles. The van der Waals surface area contributed by atoms with Crippen LogP contribution in [0.5, 0.6) is 5.75 Å². The fourth-order valence-electron chi connectivity index (χ4n) is 1.47. The van der Waals surface area contributed by atoms with Gasteiger partial charge in [0.1, 0.15) is 5.75 Å². The molecule has 1 amide bonds. The van der Waals surface area contributed by atoms with Gasteiger partial charge in [0, 0.05) is 0 Å². The van der Waals surface area contributed by atoms with Gasteiger partial charge in [-0.2, -0.15) is 4.80 Å². The van der Waals surface area contributed by atoms with E-state index in [-0.39, 0.29) is 17.0 Å². The molecule has 2 aromatic rings. The molecular weight excluding hydrogens is 280 g/mol. The van der Waals surface area contributed by atoms with E-state index in [4.69, 9.17) is 17.0 Å². The number of methoxy groups -OCH3 is 1. The van der Waals surface area contributed by atoms with Gasteiger partial charge < -0.3 is 4.74 Å². The fraction of sp³-hybridized carbons (Fsp3) is 0.182. The molecule has 0 saturated carbocycles. The third kappa shape index (κ3) is 3.26. The molecule has 8 nitrogen and oxygen atoms in total. The molecule has 9 heteroatoms. The van der Waals surface area contributed by atoms with Gasteiger partial charge in [-0.15, -0.1) is 5.10 Å². The first kappa shape index (κ1) is 13.9. The van der Waals surface area contributed by atoms with Crippen LogP contribution in [0.1, 0.15) is 10.4 Å². The number of carbonyl (C=O) groups excluding carboxylic acids is 1. The van der Waals surface area contributed by atoms with Crippen LogP contribution in [-0.2, 0) is 7.05 Å². The molecule has 20 heavy (non-hydrogen) atoms. The van der Waals surface area contributed by atoms with Crippen molar-refractivity contribution in [3.63, 3.8) is 0 Å². The number of thiocarbonyl (C=S) groups is 1. The molecule has 2 rings (SSSR count). The molecule has 0 fully saturated rings. The standard InChI is InChI=1S/C11H12N6O2S/c1-17-15-10(14-16-17)13-11(20)12-9(18)7-5-3-4-6-8(7)19-2/h3-6H,1-2H3,(H2,12,13,15,18,20). The van der Waals surface area contributed by atoms with Crippen molar-refractivity contribution in [3.8, 4) is 5.75 Å². The van der Waals surface area contributed by atoms with Gasteiger partial charge >= 0.3 is 0 Å². The molecule has 1 heterocycles. The Morgan fingerprint density at radius 1 is 1.40 bits per heavy atom.